The van der Waals surface area contributed by atoms with Gasteiger partial charge in [0.15, 0.2) is 0 Å². The topological polar surface area (TPSA) is 31.4 Å². The summed E-state index contributed by atoms with van der Waals surface area (Å²) in [4.78, 5) is 1.10. The van der Waals surface area contributed by atoms with Gasteiger partial charge in [-0.05, 0) is 53.3 Å². The fourth-order valence-corrected chi connectivity index (χ4v) is 2.65. The summed E-state index contributed by atoms with van der Waals surface area (Å²) in [5.74, 6) is 2.90. The molecular formula is C19H19NO2S. The molecule has 0 amide bonds. The van der Waals surface area contributed by atoms with E-state index in [4.69, 9.17) is 9.47 Å². The van der Waals surface area contributed by atoms with E-state index in [2.05, 4.69) is 30.4 Å². The molecule has 0 N–H and O–H groups in total. The molecule has 0 saturated heterocycles. The molecule has 0 aliphatic rings. The van der Waals surface area contributed by atoms with E-state index in [1.54, 1.807) is 6.20 Å². The zero-order valence-electron chi connectivity index (χ0n) is 13.2. The zero-order valence-corrected chi connectivity index (χ0v) is 14.0. The molecule has 0 saturated carbocycles. The highest BCUT2D eigenvalue weighted by Crippen LogP contribution is 2.27. The SMILES string of the molecule is CC(C)c1ccc(Oc2cccc(OCc3ccns3)c2)cc1. The summed E-state index contributed by atoms with van der Waals surface area (Å²) in [5.41, 5.74) is 1.30. The van der Waals surface area contributed by atoms with Crippen LogP contribution in [0, 0.1) is 0 Å². The average molecular weight is 325 g/mol. The Kier molecular flexibility index (Phi) is 4.93. The van der Waals surface area contributed by atoms with Crippen LogP contribution in [-0.2, 0) is 6.61 Å². The Hall–Kier alpha value is -2.33. The van der Waals surface area contributed by atoms with Crippen LogP contribution in [0.4, 0.5) is 0 Å². The van der Waals surface area contributed by atoms with Crippen molar-refractivity contribution in [2.45, 2.75) is 26.4 Å². The van der Waals surface area contributed by atoms with Gasteiger partial charge in [0.2, 0.25) is 0 Å². The van der Waals surface area contributed by atoms with Crippen molar-refractivity contribution in [3.8, 4) is 17.2 Å². The van der Waals surface area contributed by atoms with Gasteiger partial charge in [-0.15, -0.1) is 0 Å². The van der Waals surface area contributed by atoms with Gasteiger partial charge >= 0.3 is 0 Å². The lowest BCUT2D eigenvalue weighted by molar-refractivity contribution is 0.308. The molecule has 3 rings (SSSR count). The second kappa shape index (κ2) is 7.29. The molecule has 3 nitrogen and oxygen atoms in total. The maximum atomic E-state index is 5.90. The quantitative estimate of drug-likeness (QED) is 0.588. The average Bonchev–Trinajstić information content (AvgIpc) is 3.07. The maximum absolute atomic E-state index is 5.90. The van der Waals surface area contributed by atoms with Crippen LogP contribution in [0.1, 0.15) is 30.2 Å². The van der Waals surface area contributed by atoms with Gasteiger partial charge in [-0.25, -0.2) is 4.37 Å². The van der Waals surface area contributed by atoms with Crippen LogP contribution in [0.3, 0.4) is 0 Å². The molecule has 0 aliphatic carbocycles. The molecule has 23 heavy (non-hydrogen) atoms. The Bertz CT molecular complexity index is 736. The van der Waals surface area contributed by atoms with Crippen molar-refractivity contribution in [3.05, 3.63) is 71.2 Å². The Balaban J connectivity index is 1.64. The Morgan fingerprint density at radius 1 is 0.957 bits per heavy atom. The highest BCUT2D eigenvalue weighted by molar-refractivity contribution is 7.05. The molecule has 4 heteroatoms. The van der Waals surface area contributed by atoms with Gasteiger partial charge in [0.1, 0.15) is 23.9 Å². The van der Waals surface area contributed by atoms with Gasteiger partial charge in [-0.3, -0.25) is 0 Å². The fraction of sp³-hybridized carbons (Fsp3) is 0.211. The molecule has 1 heterocycles. The molecule has 0 aliphatic heterocycles. The monoisotopic (exact) mass is 325 g/mol. The minimum Gasteiger partial charge on any atom is -0.488 e. The molecule has 0 bridgehead atoms. The second-order valence-corrected chi connectivity index (χ2v) is 6.49. The molecule has 0 fully saturated rings. The molecule has 3 aromatic rings. The van der Waals surface area contributed by atoms with Crippen LogP contribution < -0.4 is 9.47 Å². The third kappa shape index (κ3) is 4.33. The number of hydrogen-bond donors (Lipinski definition) is 0. The lowest BCUT2D eigenvalue weighted by atomic mass is 10.0. The van der Waals surface area contributed by atoms with Crippen molar-refractivity contribution in [1.29, 1.82) is 0 Å². The zero-order chi connectivity index (χ0) is 16.1. The normalized spacial score (nSPS) is 10.7. The molecular weight excluding hydrogens is 306 g/mol. The molecule has 0 spiro atoms. The highest BCUT2D eigenvalue weighted by Gasteiger charge is 2.03. The van der Waals surface area contributed by atoms with E-state index in [9.17, 15) is 0 Å². The summed E-state index contributed by atoms with van der Waals surface area (Å²) in [6.07, 6.45) is 1.78. The van der Waals surface area contributed by atoms with E-state index in [-0.39, 0.29) is 0 Å². The lowest BCUT2D eigenvalue weighted by Gasteiger charge is -2.10. The summed E-state index contributed by atoms with van der Waals surface area (Å²) < 4.78 is 15.7. The second-order valence-electron chi connectivity index (χ2n) is 5.57. The standard InChI is InChI=1S/C19H19NO2S/c1-14(2)15-6-8-16(9-7-15)22-18-5-3-4-17(12-18)21-13-19-10-11-20-23-19/h3-12,14H,13H2,1-2H3. The van der Waals surface area contributed by atoms with Crippen LogP contribution >= 0.6 is 11.5 Å². The highest BCUT2D eigenvalue weighted by atomic mass is 32.1. The van der Waals surface area contributed by atoms with Gasteiger partial charge in [-0.1, -0.05) is 32.0 Å². The molecule has 0 radical (unpaired) electrons. The molecule has 0 unspecified atom stereocenters. The molecule has 2 aromatic carbocycles. The predicted octanol–water partition coefficient (Wildman–Crippen LogP) is 5.64. The fourth-order valence-electron chi connectivity index (χ4n) is 2.16. The van der Waals surface area contributed by atoms with Gasteiger partial charge in [-0.2, -0.15) is 0 Å². The smallest absolute Gasteiger partial charge is 0.131 e. The third-order valence-electron chi connectivity index (χ3n) is 3.46. The Morgan fingerprint density at radius 2 is 1.74 bits per heavy atom. The predicted molar refractivity (Wildman–Crippen MR) is 93.5 cm³/mol. The first-order valence-electron chi connectivity index (χ1n) is 7.61. The largest absolute Gasteiger partial charge is 0.488 e. The summed E-state index contributed by atoms with van der Waals surface area (Å²) in [6, 6.07) is 17.8. The minimum absolute atomic E-state index is 0.521. The van der Waals surface area contributed by atoms with E-state index in [0.717, 1.165) is 22.1 Å². The Morgan fingerprint density at radius 3 is 2.43 bits per heavy atom. The van der Waals surface area contributed by atoms with Gasteiger partial charge < -0.3 is 9.47 Å². The maximum Gasteiger partial charge on any atom is 0.131 e. The number of nitrogens with zero attached hydrogens (tertiary/aromatic N) is 1. The van der Waals surface area contributed by atoms with Crippen LogP contribution in [-0.4, -0.2) is 4.37 Å². The molecule has 118 valence electrons. The number of ether oxygens (including phenoxy) is 2. The number of benzene rings is 2. The van der Waals surface area contributed by atoms with Crippen molar-refractivity contribution >= 4 is 11.5 Å². The summed E-state index contributed by atoms with van der Waals surface area (Å²) in [7, 11) is 0. The minimum atomic E-state index is 0.521. The number of hydrogen-bond acceptors (Lipinski definition) is 4. The van der Waals surface area contributed by atoms with E-state index in [0.29, 0.717) is 12.5 Å². The van der Waals surface area contributed by atoms with Crippen LogP contribution in [0.25, 0.3) is 0 Å². The summed E-state index contributed by atoms with van der Waals surface area (Å²) in [5, 5.41) is 0. The molecule has 0 atom stereocenters. The van der Waals surface area contributed by atoms with Crippen molar-refractivity contribution in [3.63, 3.8) is 0 Å². The van der Waals surface area contributed by atoms with Gasteiger partial charge in [0.05, 0.1) is 4.88 Å². The van der Waals surface area contributed by atoms with Crippen LogP contribution in [0.15, 0.2) is 60.8 Å². The number of rotatable bonds is 6. The van der Waals surface area contributed by atoms with E-state index in [1.807, 2.05) is 42.5 Å². The Labute approximate surface area is 140 Å². The van der Waals surface area contributed by atoms with Crippen molar-refractivity contribution in [2.24, 2.45) is 0 Å². The van der Waals surface area contributed by atoms with E-state index >= 15 is 0 Å². The van der Waals surface area contributed by atoms with Crippen LogP contribution in [0.2, 0.25) is 0 Å². The molecule has 1 aromatic heterocycles. The first kappa shape index (κ1) is 15.6. The lowest BCUT2D eigenvalue weighted by Crippen LogP contribution is -1.93. The van der Waals surface area contributed by atoms with Gasteiger partial charge in [0.25, 0.3) is 0 Å². The third-order valence-corrected chi connectivity index (χ3v) is 4.18. The summed E-state index contributed by atoms with van der Waals surface area (Å²) >= 11 is 1.45. The van der Waals surface area contributed by atoms with Crippen molar-refractivity contribution in [1.82, 2.24) is 4.37 Å². The van der Waals surface area contributed by atoms with E-state index in [1.165, 1.54) is 17.1 Å². The first-order chi connectivity index (χ1) is 11.2. The summed E-state index contributed by atoms with van der Waals surface area (Å²) in [6.45, 7) is 4.89. The van der Waals surface area contributed by atoms with Crippen LogP contribution in [0.5, 0.6) is 17.2 Å². The van der Waals surface area contributed by atoms with Crippen molar-refractivity contribution < 1.29 is 9.47 Å². The van der Waals surface area contributed by atoms with Gasteiger partial charge in [0, 0.05) is 12.3 Å². The number of aromatic nitrogens is 1. The van der Waals surface area contributed by atoms with E-state index < -0.39 is 0 Å². The van der Waals surface area contributed by atoms with Crippen molar-refractivity contribution in [2.75, 3.05) is 0 Å². The first-order valence-corrected chi connectivity index (χ1v) is 8.38.